The van der Waals surface area contributed by atoms with Gasteiger partial charge in [0.25, 0.3) is 0 Å². The Morgan fingerprint density at radius 1 is 1.47 bits per heavy atom. The summed E-state index contributed by atoms with van der Waals surface area (Å²) in [5.41, 5.74) is 1.89. The molecule has 0 aliphatic rings. The first-order valence-electron chi connectivity index (χ1n) is 5.93. The SMILES string of the molecule is Cc1nc(CC(Cc2cccc(Br)c2)C(=O)O)cs1. The fourth-order valence-electron chi connectivity index (χ4n) is 1.95. The van der Waals surface area contributed by atoms with E-state index in [0.717, 1.165) is 20.7 Å². The smallest absolute Gasteiger partial charge is 0.307 e. The molecule has 3 nitrogen and oxygen atoms in total. The van der Waals surface area contributed by atoms with Crippen molar-refractivity contribution in [2.45, 2.75) is 19.8 Å². The molecular weight excluding hydrogens is 326 g/mol. The molecule has 5 heteroatoms. The maximum atomic E-state index is 11.4. The van der Waals surface area contributed by atoms with Gasteiger partial charge in [-0.25, -0.2) is 4.98 Å². The highest BCUT2D eigenvalue weighted by atomic mass is 79.9. The zero-order valence-electron chi connectivity index (χ0n) is 10.5. The Labute approximate surface area is 124 Å². The number of carboxylic acid groups (broad SMARTS) is 1. The zero-order chi connectivity index (χ0) is 13.8. The zero-order valence-corrected chi connectivity index (χ0v) is 12.9. The summed E-state index contributed by atoms with van der Waals surface area (Å²) in [4.78, 5) is 15.7. The third-order valence-electron chi connectivity index (χ3n) is 2.84. The molecule has 0 spiro atoms. The molecule has 2 aromatic rings. The van der Waals surface area contributed by atoms with Crippen LogP contribution in [0.3, 0.4) is 0 Å². The molecule has 2 rings (SSSR count). The molecule has 1 aromatic heterocycles. The molecule has 0 radical (unpaired) electrons. The van der Waals surface area contributed by atoms with Gasteiger partial charge >= 0.3 is 5.97 Å². The van der Waals surface area contributed by atoms with Crippen LogP contribution in [0.1, 0.15) is 16.3 Å². The van der Waals surface area contributed by atoms with Crippen LogP contribution in [0.5, 0.6) is 0 Å². The predicted molar refractivity (Wildman–Crippen MR) is 79.5 cm³/mol. The second-order valence-electron chi connectivity index (χ2n) is 4.43. The van der Waals surface area contributed by atoms with E-state index in [1.165, 1.54) is 0 Å². The van der Waals surface area contributed by atoms with Crippen LogP contribution < -0.4 is 0 Å². The lowest BCUT2D eigenvalue weighted by atomic mass is 9.95. The van der Waals surface area contributed by atoms with Crippen LogP contribution >= 0.6 is 27.3 Å². The molecule has 0 fully saturated rings. The van der Waals surface area contributed by atoms with Crippen molar-refractivity contribution in [3.63, 3.8) is 0 Å². The van der Waals surface area contributed by atoms with Gasteiger partial charge in [-0.15, -0.1) is 11.3 Å². The van der Waals surface area contributed by atoms with Crippen molar-refractivity contribution in [1.82, 2.24) is 4.98 Å². The van der Waals surface area contributed by atoms with Crippen molar-refractivity contribution >= 4 is 33.2 Å². The van der Waals surface area contributed by atoms with E-state index in [2.05, 4.69) is 20.9 Å². The second kappa shape index (κ2) is 6.30. The number of thiazole rings is 1. The van der Waals surface area contributed by atoms with Crippen LogP contribution in [-0.4, -0.2) is 16.1 Å². The van der Waals surface area contributed by atoms with E-state index in [1.807, 2.05) is 36.6 Å². The lowest BCUT2D eigenvalue weighted by Crippen LogP contribution is -2.19. The quantitative estimate of drug-likeness (QED) is 0.903. The molecule has 0 aliphatic carbocycles. The van der Waals surface area contributed by atoms with Crippen LogP contribution in [0, 0.1) is 12.8 Å². The van der Waals surface area contributed by atoms with E-state index in [1.54, 1.807) is 11.3 Å². The Morgan fingerprint density at radius 3 is 2.84 bits per heavy atom. The van der Waals surface area contributed by atoms with Crippen LogP contribution in [-0.2, 0) is 17.6 Å². The summed E-state index contributed by atoms with van der Waals surface area (Å²) < 4.78 is 0.971. The second-order valence-corrected chi connectivity index (χ2v) is 6.41. The van der Waals surface area contributed by atoms with Crippen molar-refractivity contribution in [1.29, 1.82) is 0 Å². The molecule has 0 aliphatic heterocycles. The Kier molecular flexibility index (Phi) is 4.71. The van der Waals surface area contributed by atoms with E-state index in [-0.39, 0.29) is 0 Å². The summed E-state index contributed by atoms with van der Waals surface area (Å²) in [6.45, 7) is 1.93. The molecule has 1 aromatic carbocycles. The molecule has 0 amide bonds. The monoisotopic (exact) mass is 339 g/mol. The maximum absolute atomic E-state index is 11.4. The first kappa shape index (κ1) is 14.2. The van der Waals surface area contributed by atoms with Crippen LogP contribution in [0.2, 0.25) is 0 Å². The minimum Gasteiger partial charge on any atom is -0.481 e. The Bertz CT molecular complexity index is 582. The highest BCUT2D eigenvalue weighted by molar-refractivity contribution is 9.10. The summed E-state index contributed by atoms with van der Waals surface area (Å²) in [6.07, 6.45) is 0.998. The van der Waals surface area contributed by atoms with Gasteiger partial charge in [-0.1, -0.05) is 28.1 Å². The number of carbonyl (C=O) groups is 1. The number of carboxylic acids is 1. The van der Waals surface area contributed by atoms with Gasteiger partial charge < -0.3 is 5.11 Å². The number of hydrogen-bond acceptors (Lipinski definition) is 3. The van der Waals surface area contributed by atoms with Gasteiger partial charge in [-0.2, -0.15) is 0 Å². The first-order chi connectivity index (χ1) is 9.04. The van der Waals surface area contributed by atoms with Gasteiger partial charge in [-0.05, 0) is 31.0 Å². The van der Waals surface area contributed by atoms with Gasteiger partial charge in [0.05, 0.1) is 16.6 Å². The normalized spacial score (nSPS) is 12.3. The summed E-state index contributed by atoms with van der Waals surface area (Å²) in [7, 11) is 0. The van der Waals surface area contributed by atoms with Crippen LogP contribution in [0.15, 0.2) is 34.1 Å². The number of rotatable bonds is 5. The van der Waals surface area contributed by atoms with E-state index >= 15 is 0 Å². The number of nitrogens with zero attached hydrogens (tertiary/aromatic N) is 1. The molecule has 1 N–H and O–H groups in total. The summed E-state index contributed by atoms with van der Waals surface area (Å²) in [6, 6.07) is 7.77. The average Bonchev–Trinajstić information content (AvgIpc) is 2.74. The largest absolute Gasteiger partial charge is 0.481 e. The van der Waals surface area contributed by atoms with E-state index in [9.17, 15) is 9.90 Å². The lowest BCUT2D eigenvalue weighted by Gasteiger charge is -2.11. The highest BCUT2D eigenvalue weighted by Gasteiger charge is 2.20. The maximum Gasteiger partial charge on any atom is 0.307 e. The lowest BCUT2D eigenvalue weighted by molar-refractivity contribution is -0.141. The third-order valence-corrected chi connectivity index (χ3v) is 4.16. The fraction of sp³-hybridized carbons (Fsp3) is 0.286. The average molecular weight is 340 g/mol. The topological polar surface area (TPSA) is 50.2 Å². The molecular formula is C14H14BrNO2S. The van der Waals surface area contributed by atoms with Gasteiger partial charge in [-0.3, -0.25) is 4.79 Å². The van der Waals surface area contributed by atoms with Crippen LogP contribution in [0.4, 0.5) is 0 Å². The fourth-order valence-corrected chi connectivity index (χ4v) is 3.02. The van der Waals surface area contributed by atoms with Gasteiger partial charge in [0.2, 0.25) is 0 Å². The van der Waals surface area contributed by atoms with Crippen molar-refractivity contribution < 1.29 is 9.90 Å². The number of aromatic nitrogens is 1. The van der Waals surface area contributed by atoms with E-state index < -0.39 is 11.9 Å². The molecule has 1 atom stereocenters. The van der Waals surface area contributed by atoms with Gasteiger partial charge in [0.1, 0.15) is 0 Å². The summed E-state index contributed by atoms with van der Waals surface area (Å²) in [5.74, 6) is -1.21. The van der Waals surface area contributed by atoms with Crippen molar-refractivity contribution in [2.24, 2.45) is 5.92 Å². The first-order valence-corrected chi connectivity index (χ1v) is 7.60. The third kappa shape index (κ3) is 4.14. The van der Waals surface area contributed by atoms with Crippen LogP contribution in [0.25, 0.3) is 0 Å². The van der Waals surface area contributed by atoms with Gasteiger partial charge in [0, 0.05) is 16.3 Å². The minimum absolute atomic E-state index is 0.434. The standard InChI is InChI=1S/C14H14BrNO2S/c1-9-16-13(8-19-9)7-11(14(17)18)5-10-3-2-4-12(15)6-10/h2-4,6,8,11H,5,7H2,1H3,(H,17,18). The van der Waals surface area contributed by atoms with E-state index in [0.29, 0.717) is 12.8 Å². The highest BCUT2D eigenvalue weighted by Crippen LogP contribution is 2.19. The molecule has 1 heterocycles. The van der Waals surface area contributed by atoms with E-state index in [4.69, 9.17) is 0 Å². The number of aliphatic carboxylic acids is 1. The summed E-state index contributed by atoms with van der Waals surface area (Å²) in [5, 5.41) is 12.2. The number of halogens is 1. The predicted octanol–water partition coefficient (Wildman–Crippen LogP) is 3.70. The van der Waals surface area contributed by atoms with Crippen molar-refractivity contribution in [3.8, 4) is 0 Å². The number of benzene rings is 1. The number of aryl methyl sites for hydroxylation is 1. The van der Waals surface area contributed by atoms with Crippen molar-refractivity contribution in [3.05, 3.63) is 50.4 Å². The number of hydrogen-bond donors (Lipinski definition) is 1. The Hall–Kier alpha value is -1.20. The Morgan fingerprint density at radius 2 is 2.26 bits per heavy atom. The van der Waals surface area contributed by atoms with Gasteiger partial charge in [0.15, 0.2) is 0 Å². The molecule has 100 valence electrons. The minimum atomic E-state index is -0.773. The molecule has 1 unspecified atom stereocenters. The molecule has 19 heavy (non-hydrogen) atoms. The molecule has 0 saturated carbocycles. The Balaban J connectivity index is 2.10. The van der Waals surface area contributed by atoms with Crippen molar-refractivity contribution in [2.75, 3.05) is 0 Å². The molecule has 0 saturated heterocycles. The molecule has 0 bridgehead atoms. The summed E-state index contributed by atoms with van der Waals surface area (Å²) >= 11 is 4.96.